The monoisotopic (exact) mass is 325 g/mol. The van der Waals surface area contributed by atoms with Crippen molar-refractivity contribution in [2.45, 2.75) is 23.5 Å². The number of hydrogen-bond acceptors (Lipinski definition) is 3. The summed E-state index contributed by atoms with van der Waals surface area (Å²) >= 11 is 4.62. The molecule has 0 atom stereocenters. The van der Waals surface area contributed by atoms with E-state index in [4.69, 9.17) is 0 Å². The van der Waals surface area contributed by atoms with E-state index in [2.05, 4.69) is 15.9 Å². The maximum Gasteiger partial charge on any atom is 0.252 e. The fourth-order valence-electron chi connectivity index (χ4n) is 1.29. The zero-order chi connectivity index (χ0) is 12.0. The lowest BCUT2D eigenvalue weighted by molar-refractivity contribution is 0.456. The second-order valence-corrected chi connectivity index (χ2v) is 7.52. The van der Waals surface area contributed by atoms with Gasteiger partial charge in [0.15, 0.2) is 0 Å². The summed E-state index contributed by atoms with van der Waals surface area (Å²) in [5, 5.41) is 2.76. The summed E-state index contributed by atoms with van der Waals surface area (Å²) in [5.74, 6) is 0. The van der Waals surface area contributed by atoms with Crippen molar-refractivity contribution < 1.29 is 8.42 Å². The predicted molar refractivity (Wildman–Crippen MR) is 71.8 cm³/mol. The van der Waals surface area contributed by atoms with Crippen molar-refractivity contribution in [1.82, 2.24) is 4.31 Å². The average Bonchev–Trinajstić information content (AvgIpc) is 2.77. The highest BCUT2D eigenvalue weighted by Crippen LogP contribution is 2.20. The van der Waals surface area contributed by atoms with Gasteiger partial charge < -0.3 is 0 Å². The van der Waals surface area contributed by atoms with E-state index in [1.807, 2.05) is 0 Å². The molecule has 1 heterocycles. The van der Waals surface area contributed by atoms with Gasteiger partial charge in [0.1, 0.15) is 4.21 Å². The van der Waals surface area contributed by atoms with Crippen LogP contribution in [0.4, 0.5) is 0 Å². The third-order valence-electron chi connectivity index (χ3n) is 2.27. The van der Waals surface area contributed by atoms with E-state index in [0.717, 1.165) is 24.6 Å². The molecule has 0 unspecified atom stereocenters. The van der Waals surface area contributed by atoms with Crippen LogP contribution in [0.1, 0.15) is 19.3 Å². The van der Waals surface area contributed by atoms with Gasteiger partial charge in [-0.1, -0.05) is 28.4 Å². The Morgan fingerprint density at radius 2 is 2.12 bits per heavy atom. The highest BCUT2D eigenvalue weighted by Gasteiger charge is 2.20. The molecule has 0 radical (unpaired) electrons. The number of sulfonamides is 1. The van der Waals surface area contributed by atoms with Crippen molar-refractivity contribution in [3.8, 4) is 0 Å². The second kappa shape index (κ2) is 6.74. The minimum absolute atomic E-state index is 0.426. The van der Waals surface area contributed by atoms with Crippen LogP contribution in [0, 0.1) is 0 Å². The molecule has 1 aromatic rings. The third-order valence-corrected chi connectivity index (χ3v) is 6.06. The molecule has 3 nitrogen and oxygen atoms in total. The Morgan fingerprint density at radius 1 is 1.38 bits per heavy atom. The van der Waals surface area contributed by atoms with Gasteiger partial charge in [-0.2, -0.15) is 0 Å². The van der Waals surface area contributed by atoms with Gasteiger partial charge in [0, 0.05) is 18.9 Å². The van der Waals surface area contributed by atoms with Crippen LogP contribution in [0.2, 0.25) is 0 Å². The van der Waals surface area contributed by atoms with E-state index in [1.54, 1.807) is 24.6 Å². The summed E-state index contributed by atoms with van der Waals surface area (Å²) in [7, 11) is -1.60. The van der Waals surface area contributed by atoms with E-state index >= 15 is 0 Å². The van der Waals surface area contributed by atoms with Crippen LogP contribution >= 0.6 is 27.3 Å². The zero-order valence-corrected chi connectivity index (χ0v) is 12.4. The highest BCUT2D eigenvalue weighted by molar-refractivity contribution is 9.09. The first kappa shape index (κ1) is 14.2. The molecular formula is C10H16BrNO2S2. The Kier molecular flexibility index (Phi) is 5.96. The fourth-order valence-corrected chi connectivity index (χ4v) is 4.10. The predicted octanol–water partition coefficient (Wildman–Crippen LogP) is 2.93. The van der Waals surface area contributed by atoms with E-state index in [1.165, 1.54) is 15.6 Å². The molecule has 6 heteroatoms. The Balaban J connectivity index is 2.50. The number of unbranched alkanes of at least 4 members (excludes halogenated alkanes) is 2. The molecule has 0 amide bonds. The van der Waals surface area contributed by atoms with Crippen LogP contribution in [0.5, 0.6) is 0 Å². The first-order valence-corrected chi connectivity index (χ1v) is 8.59. The normalized spacial score (nSPS) is 12.2. The molecule has 1 aromatic heterocycles. The average molecular weight is 326 g/mol. The molecule has 0 aromatic carbocycles. The number of hydrogen-bond donors (Lipinski definition) is 0. The van der Waals surface area contributed by atoms with Gasteiger partial charge in [0.05, 0.1) is 0 Å². The summed E-state index contributed by atoms with van der Waals surface area (Å²) in [6.45, 7) is 0.591. The first-order valence-electron chi connectivity index (χ1n) is 5.15. The first-order chi connectivity index (χ1) is 7.59. The third kappa shape index (κ3) is 3.84. The van der Waals surface area contributed by atoms with Crippen LogP contribution in [0.15, 0.2) is 21.7 Å². The van der Waals surface area contributed by atoms with Gasteiger partial charge in [-0.3, -0.25) is 0 Å². The van der Waals surface area contributed by atoms with Crippen LogP contribution in [0.25, 0.3) is 0 Å². The van der Waals surface area contributed by atoms with Gasteiger partial charge in [0.25, 0.3) is 10.0 Å². The second-order valence-electron chi connectivity index (χ2n) is 3.51. The molecule has 0 bridgehead atoms. The van der Waals surface area contributed by atoms with Crippen molar-refractivity contribution in [2.24, 2.45) is 0 Å². The smallest absolute Gasteiger partial charge is 0.206 e. The molecule has 0 saturated carbocycles. The lowest BCUT2D eigenvalue weighted by atomic mass is 10.2. The van der Waals surface area contributed by atoms with Crippen molar-refractivity contribution in [1.29, 1.82) is 0 Å². The molecule has 0 aliphatic heterocycles. The Labute approximate surface area is 110 Å². The molecule has 0 saturated heterocycles. The highest BCUT2D eigenvalue weighted by atomic mass is 79.9. The zero-order valence-electron chi connectivity index (χ0n) is 9.23. The minimum Gasteiger partial charge on any atom is -0.206 e. The molecule has 16 heavy (non-hydrogen) atoms. The number of halogens is 1. The Morgan fingerprint density at radius 3 is 2.69 bits per heavy atom. The van der Waals surface area contributed by atoms with Gasteiger partial charge in [0.2, 0.25) is 0 Å². The van der Waals surface area contributed by atoms with Gasteiger partial charge in [-0.15, -0.1) is 11.3 Å². The van der Waals surface area contributed by atoms with Crippen molar-refractivity contribution in [3.63, 3.8) is 0 Å². The quantitative estimate of drug-likeness (QED) is 0.571. The largest absolute Gasteiger partial charge is 0.252 e. The Bertz CT molecular complexity index is 389. The SMILES string of the molecule is CN(CCCCCBr)S(=O)(=O)c1cccs1. The molecule has 0 aliphatic rings. The van der Waals surface area contributed by atoms with Gasteiger partial charge in [-0.05, 0) is 24.3 Å². The van der Waals surface area contributed by atoms with Crippen LogP contribution in [0.3, 0.4) is 0 Å². The van der Waals surface area contributed by atoms with Gasteiger partial charge in [-0.25, -0.2) is 12.7 Å². The van der Waals surface area contributed by atoms with E-state index in [9.17, 15) is 8.42 Å². The van der Waals surface area contributed by atoms with Crippen molar-refractivity contribution in [3.05, 3.63) is 17.5 Å². The lowest BCUT2D eigenvalue weighted by Gasteiger charge is -2.15. The summed E-state index contributed by atoms with van der Waals surface area (Å²) in [4.78, 5) is 0. The van der Waals surface area contributed by atoms with Crippen LogP contribution in [-0.4, -0.2) is 31.6 Å². The van der Waals surface area contributed by atoms with Crippen LogP contribution in [-0.2, 0) is 10.0 Å². The molecule has 92 valence electrons. The number of thiophene rings is 1. The standard InChI is InChI=1S/C10H16BrNO2S2/c1-12(8-4-2-3-7-11)16(13,14)10-6-5-9-15-10/h5-6,9H,2-4,7-8H2,1H3. The number of alkyl halides is 1. The van der Waals surface area contributed by atoms with E-state index in [0.29, 0.717) is 10.8 Å². The molecule has 0 N–H and O–H groups in total. The summed E-state index contributed by atoms with van der Waals surface area (Å²) in [5.41, 5.74) is 0. The number of nitrogens with zero attached hydrogens (tertiary/aromatic N) is 1. The lowest BCUT2D eigenvalue weighted by Crippen LogP contribution is -2.27. The maximum atomic E-state index is 12.0. The van der Waals surface area contributed by atoms with Crippen molar-refractivity contribution in [2.75, 3.05) is 18.9 Å². The summed E-state index contributed by atoms with van der Waals surface area (Å²) in [6.07, 6.45) is 3.05. The molecule has 0 fully saturated rings. The van der Waals surface area contributed by atoms with E-state index < -0.39 is 10.0 Å². The molecular weight excluding hydrogens is 310 g/mol. The maximum absolute atomic E-state index is 12.0. The Hall–Kier alpha value is 0.0900. The van der Waals surface area contributed by atoms with Crippen LogP contribution < -0.4 is 0 Å². The molecule has 0 aliphatic carbocycles. The summed E-state index contributed by atoms with van der Waals surface area (Å²) in [6, 6.07) is 3.41. The number of rotatable bonds is 7. The van der Waals surface area contributed by atoms with Gasteiger partial charge >= 0.3 is 0 Å². The minimum atomic E-state index is -3.24. The molecule has 1 rings (SSSR count). The fraction of sp³-hybridized carbons (Fsp3) is 0.600. The topological polar surface area (TPSA) is 37.4 Å². The summed E-state index contributed by atoms with van der Waals surface area (Å²) < 4.78 is 25.8. The van der Waals surface area contributed by atoms with Crippen molar-refractivity contribution >= 4 is 37.3 Å². The molecule has 0 spiro atoms. The van der Waals surface area contributed by atoms with E-state index in [-0.39, 0.29) is 0 Å².